The Morgan fingerprint density at radius 2 is 1.74 bits per heavy atom. The van der Waals surface area contributed by atoms with Crippen LogP contribution in [0.1, 0.15) is 31.2 Å². The molecule has 3 rings (SSSR count). The molecule has 2 amide bonds. The third-order valence-corrected chi connectivity index (χ3v) is 5.41. The number of hydrogen-bond donors (Lipinski definition) is 3. The first kappa shape index (κ1) is 24.9. The third-order valence-electron chi connectivity index (χ3n) is 5.41. The van der Waals surface area contributed by atoms with Gasteiger partial charge in [0.25, 0.3) is 0 Å². The summed E-state index contributed by atoms with van der Waals surface area (Å²) in [7, 11) is 0. The maximum absolute atomic E-state index is 13.1. The van der Waals surface area contributed by atoms with Crippen LogP contribution >= 0.6 is 0 Å². The van der Waals surface area contributed by atoms with Gasteiger partial charge in [0.15, 0.2) is 0 Å². The quantitative estimate of drug-likeness (QED) is 0.157. The van der Waals surface area contributed by atoms with E-state index in [1.165, 1.54) is 12.1 Å². The molecule has 0 unspecified atom stereocenters. The number of amides is 2. The van der Waals surface area contributed by atoms with Crippen LogP contribution in [0.25, 0.3) is 10.8 Å². The summed E-state index contributed by atoms with van der Waals surface area (Å²) >= 11 is 0. The zero-order valence-electron chi connectivity index (χ0n) is 18.9. The molecule has 34 heavy (non-hydrogen) atoms. The largest absolute Gasteiger partial charge is 0.488 e. The van der Waals surface area contributed by atoms with E-state index in [1.807, 2.05) is 48.5 Å². The number of ether oxygens (including phenoxy) is 1. The van der Waals surface area contributed by atoms with Gasteiger partial charge in [0.1, 0.15) is 18.2 Å². The number of unbranched alkanes of at least 4 members (excludes halogenated alkanes) is 2. The SMILES string of the molecule is O=C(CCCCC=C(COc1cccc2ccccc12)C(=O)NCCc1ccc(F)cc1)NO. The standard InChI is InChI=1S/C27H29FN2O4/c28-23-15-13-20(14-16-23)17-18-29-27(32)22(8-2-1-3-12-26(31)30-33)19-34-25-11-6-9-21-7-4-5-10-24(21)25/h4-11,13-16,33H,1-3,12,17-19H2,(H,29,32)(H,30,31). The minimum absolute atomic E-state index is 0.105. The summed E-state index contributed by atoms with van der Waals surface area (Å²) in [5.41, 5.74) is 3.05. The van der Waals surface area contributed by atoms with Crippen LogP contribution < -0.4 is 15.5 Å². The van der Waals surface area contributed by atoms with E-state index in [0.717, 1.165) is 16.3 Å². The smallest absolute Gasteiger partial charge is 0.250 e. The van der Waals surface area contributed by atoms with Crippen molar-refractivity contribution in [3.05, 3.63) is 89.8 Å². The van der Waals surface area contributed by atoms with Crippen LogP contribution in [0.15, 0.2) is 78.4 Å². The molecule has 0 aliphatic rings. The molecule has 0 saturated carbocycles. The second-order valence-electron chi connectivity index (χ2n) is 7.91. The number of allylic oxidation sites excluding steroid dienone is 1. The van der Waals surface area contributed by atoms with Crippen LogP contribution in [0.3, 0.4) is 0 Å². The molecular formula is C27H29FN2O4. The maximum atomic E-state index is 13.1. The minimum Gasteiger partial charge on any atom is -0.488 e. The van der Waals surface area contributed by atoms with Gasteiger partial charge < -0.3 is 10.1 Å². The third kappa shape index (κ3) is 7.71. The lowest BCUT2D eigenvalue weighted by atomic mass is 10.1. The normalized spacial score (nSPS) is 11.3. The Balaban J connectivity index is 1.61. The first-order valence-electron chi connectivity index (χ1n) is 11.3. The van der Waals surface area contributed by atoms with Crippen molar-refractivity contribution in [2.45, 2.75) is 32.1 Å². The van der Waals surface area contributed by atoms with Crippen molar-refractivity contribution in [3.63, 3.8) is 0 Å². The highest BCUT2D eigenvalue weighted by Crippen LogP contribution is 2.25. The number of fused-ring (bicyclic) bond motifs is 1. The highest BCUT2D eigenvalue weighted by atomic mass is 19.1. The zero-order valence-corrected chi connectivity index (χ0v) is 18.9. The summed E-state index contributed by atoms with van der Waals surface area (Å²) in [6.07, 6.45) is 4.50. The Labute approximate surface area is 198 Å². The van der Waals surface area contributed by atoms with E-state index < -0.39 is 5.91 Å². The van der Waals surface area contributed by atoms with E-state index in [9.17, 15) is 14.0 Å². The highest BCUT2D eigenvalue weighted by Gasteiger charge is 2.11. The van der Waals surface area contributed by atoms with Gasteiger partial charge in [-0.1, -0.05) is 54.6 Å². The molecule has 0 radical (unpaired) electrons. The van der Waals surface area contributed by atoms with Crippen molar-refractivity contribution in [1.82, 2.24) is 10.8 Å². The van der Waals surface area contributed by atoms with Crippen molar-refractivity contribution in [2.75, 3.05) is 13.2 Å². The Kier molecular flexibility index (Phi) is 9.61. The van der Waals surface area contributed by atoms with Crippen molar-refractivity contribution in [3.8, 4) is 5.75 Å². The Morgan fingerprint density at radius 3 is 2.53 bits per heavy atom. The molecule has 6 nitrogen and oxygen atoms in total. The monoisotopic (exact) mass is 464 g/mol. The van der Waals surface area contributed by atoms with Crippen molar-refractivity contribution in [2.24, 2.45) is 0 Å². The van der Waals surface area contributed by atoms with Crippen molar-refractivity contribution < 1.29 is 23.9 Å². The summed E-state index contributed by atoms with van der Waals surface area (Å²) in [5, 5.41) is 13.5. The summed E-state index contributed by atoms with van der Waals surface area (Å²) in [6, 6.07) is 19.9. The average molecular weight is 465 g/mol. The molecule has 0 heterocycles. The number of carbonyl (C=O) groups is 2. The van der Waals surface area contributed by atoms with Crippen LogP contribution in [0, 0.1) is 5.82 Å². The van der Waals surface area contributed by atoms with E-state index >= 15 is 0 Å². The number of hydroxylamine groups is 1. The maximum Gasteiger partial charge on any atom is 0.250 e. The van der Waals surface area contributed by atoms with Crippen LogP contribution in [-0.4, -0.2) is 30.2 Å². The molecule has 7 heteroatoms. The topological polar surface area (TPSA) is 87.7 Å². The van der Waals surface area contributed by atoms with Crippen LogP contribution in [0.5, 0.6) is 5.75 Å². The number of benzene rings is 3. The molecule has 0 aliphatic carbocycles. The summed E-state index contributed by atoms with van der Waals surface area (Å²) in [6.45, 7) is 0.514. The number of carbonyl (C=O) groups excluding carboxylic acids is 2. The second kappa shape index (κ2) is 13.1. The lowest BCUT2D eigenvalue weighted by Gasteiger charge is -2.13. The van der Waals surface area contributed by atoms with Gasteiger partial charge in [-0.05, 0) is 54.8 Å². The van der Waals surface area contributed by atoms with Crippen molar-refractivity contribution in [1.29, 1.82) is 0 Å². The molecule has 0 aromatic heterocycles. The Morgan fingerprint density at radius 1 is 0.971 bits per heavy atom. The molecular weight excluding hydrogens is 435 g/mol. The molecule has 178 valence electrons. The Hall–Kier alpha value is -3.71. The minimum atomic E-state index is -0.429. The summed E-state index contributed by atoms with van der Waals surface area (Å²) in [5.74, 6) is -0.250. The lowest BCUT2D eigenvalue weighted by molar-refractivity contribution is -0.129. The van der Waals surface area contributed by atoms with Gasteiger partial charge in [0.2, 0.25) is 11.8 Å². The number of halogens is 1. The molecule has 0 fully saturated rings. The molecule has 3 aromatic rings. The molecule has 0 spiro atoms. The molecule has 3 aromatic carbocycles. The van der Waals surface area contributed by atoms with E-state index in [1.54, 1.807) is 17.6 Å². The van der Waals surface area contributed by atoms with Crippen LogP contribution in [-0.2, 0) is 16.0 Å². The Bertz CT molecular complexity index is 1120. The van der Waals surface area contributed by atoms with E-state index in [0.29, 0.717) is 43.6 Å². The summed E-state index contributed by atoms with van der Waals surface area (Å²) in [4.78, 5) is 24.0. The fraction of sp³-hybridized carbons (Fsp3) is 0.259. The molecule has 0 aliphatic heterocycles. The molecule has 0 atom stereocenters. The van der Waals surface area contributed by atoms with Crippen LogP contribution in [0.4, 0.5) is 4.39 Å². The molecule has 3 N–H and O–H groups in total. The predicted octanol–water partition coefficient (Wildman–Crippen LogP) is 4.71. The fourth-order valence-corrected chi connectivity index (χ4v) is 3.54. The second-order valence-corrected chi connectivity index (χ2v) is 7.91. The van der Waals surface area contributed by atoms with E-state index in [2.05, 4.69) is 5.32 Å². The van der Waals surface area contributed by atoms with Crippen molar-refractivity contribution >= 4 is 22.6 Å². The lowest BCUT2D eigenvalue weighted by Crippen LogP contribution is -2.29. The molecule has 0 bridgehead atoms. The molecule has 0 saturated heterocycles. The van der Waals surface area contributed by atoms with Crippen LogP contribution in [0.2, 0.25) is 0 Å². The summed E-state index contributed by atoms with van der Waals surface area (Å²) < 4.78 is 19.1. The average Bonchev–Trinajstić information content (AvgIpc) is 2.86. The van der Waals surface area contributed by atoms with Gasteiger partial charge >= 0.3 is 0 Å². The number of rotatable bonds is 12. The predicted molar refractivity (Wildman–Crippen MR) is 129 cm³/mol. The van der Waals surface area contributed by atoms with Gasteiger partial charge in [-0.2, -0.15) is 0 Å². The number of hydrogen-bond acceptors (Lipinski definition) is 4. The van der Waals surface area contributed by atoms with Gasteiger partial charge in [0.05, 0.1) is 5.57 Å². The number of nitrogens with one attached hydrogen (secondary N) is 2. The first-order valence-corrected chi connectivity index (χ1v) is 11.3. The van der Waals surface area contributed by atoms with Gasteiger partial charge in [-0.15, -0.1) is 0 Å². The van der Waals surface area contributed by atoms with Gasteiger partial charge in [-0.3, -0.25) is 14.8 Å². The van der Waals surface area contributed by atoms with E-state index in [4.69, 9.17) is 9.94 Å². The van der Waals surface area contributed by atoms with Gasteiger partial charge in [-0.25, -0.2) is 9.87 Å². The van der Waals surface area contributed by atoms with Gasteiger partial charge in [0, 0.05) is 18.4 Å². The highest BCUT2D eigenvalue weighted by molar-refractivity contribution is 5.94. The first-order chi connectivity index (χ1) is 16.6. The zero-order chi connectivity index (χ0) is 24.2. The van der Waals surface area contributed by atoms with E-state index in [-0.39, 0.29) is 24.8 Å². The fourth-order valence-electron chi connectivity index (χ4n) is 3.54.